The lowest BCUT2D eigenvalue weighted by Gasteiger charge is -2.25. The molecule has 0 aliphatic rings. The molecule has 0 fully saturated rings. The second kappa shape index (κ2) is 14.6. The standard InChI is InChI=1S/C33H36ClN3O4/c1-23-7-5-9-25(17-23)21-40-30-12-4-3-11-27(30)19-37(16-14-29(35)33(38)39)20-28-13-15-36-32(34)31(28)41-22-26-10-6-8-24(2)18-26/h3-13,15,17-18,29H,14,16,19-22,35H2,1-2H3,(H,38,39)/t29-/m0/s1. The number of halogens is 1. The smallest absolute Gasteiger partial charge is 0.320 e. The Balaban J connectivity index is 1.54. The number of nitrogens with two attached hydrogens (primary N) is 1. The van der Waals surface area contributed by atoms with Crippen LogP contribution in [0.4, 0.5) is 0 Å². The number of pyridine rings is 1. The van der Waals surface area contributed by atoms with Gasteiger partial charge in [0.1, 0.15) is 25.0 Å². The van der Waals surface area contributed by atoms with Crippen LogP contribution >= 0.6 is 11.6 Å². The van der Waals surface area contributed by atoms with Crippen LogP contribution < -0.4 is 15.2 Å². The third-order valence-electron chi connectivity index (χ3n) is 6.72. The van der Waals surface area contributed by atoms with E-state index in [-0.39, 0.29) is 11.6 Å². The third kappa shape index (κ3) is 9.05. The maximum atomic E-state index is 11.5. The Bertz CT molecular complexity index is 1460. The molecule has 4 rings (SSSR count). The lowest BCUT2D eigenvalue weighted by Crippen LogP contribution is -2.35. The van der Waals surface area contributed by atoms with Crippen molar-refractivity contribution in [2.24, 2.45) is 5.73 Å². The largest absolute Gasteiger partial charge is 0.489 e. The van der Waals surface area contributed by atoms with E-state index in [2.05, 4.69) is 35.0 Å². The molecule has 0 unspecified atom stereocenters. The van der Waals surface area contributed by atoms with E-state index < -0.39 is 12.0 Å². The van der Waals surface area contributed by atoms with E-state index in [1.807, 2.05) is 67.6 Å². The van der Waals surface area contributed by atoms with Crippen LogP contribution in [0.1, 0.15) is 39.8 Å². The number of hydrogen-bond donors (Lipinski definition) is 2. The van der Waals surface area contributed by atoms with Crippen molar-refractivity contribution in [3.05, 3.63) is 124 Å². The highest BCUT2D eigenvalue weighted by Crippen LogP contribution is 2.30. The summed E-state index contributed by atoms with van der Waals surface area (Å²) < 4.78 is 12.4. The van der Waals surface area contributed by atoms with Gasteiger partial charge in [0, 0.05) is 37.0 Å². The number of para-hydroxylation sites is 1. The molecule has 0 bridgehead atoms. The Morgan fingerprint density at radius 2 is 1.54 bits per heavy atom. The molecule has 0 saturated carbocycles. The van der Waals surface area contributed by atoms with Gasteiger partial charge in [-0.3, -0.25) is 9.69 Å². The first-order chi connectivity index (χ1) is 19.8. The average molecular weight is 574 g/mol. The zero-order valence-corrected chi connectivity index (χ0v) is 24.2. The number of aryl methyl sites for hydroxylation is 2. The van der Waals surface area contributed by atoms with Crippen molar-refractivity contribution in [1.82, 2.24) is 9.88 Å². The summed E-state index contributed by atoms with van der Waals surface area (Å²) in [5.41, 5.74) is 12.1. The molecule has 7 nitrogen and oxygen atoms in total. The number of carbonyl (C=O) groups is 1. The van der Waals surface area contributed by atoms with Crippen LogP contribution in [0.2, 0.25) is 5.15 Å². The summed E-state index contributed by atoms with van der Waals surface area (Å²) in [6.45, 7) is 6.28. The van der Waals surface area contributed by atoms with Gasteiger partial charge in [0.15, 0.2) is 10.9 Å². The molecule has 0 saturated heterocycles. The molecule has 41 heavy (non-hydrogen) atoms. The quantitative estimate of drug-likeness (QED) is 0.170. The van der Waals surface area contributed by atoms with Gasteiger partial charge in [-0.1, -0.05) is 89.5 Å². The van der Waals surface area contributed by atoms with Crippen molar-refractivity contribution < 1.29 is 19.4 Å². The van der Waals surface area contributed by atoms with E-state index in [4.69, 9.17) is 26.8 Å². The van der Waals surface area contributed by atoms with Gasteiger partial charge in [-0.2, -0.15) is 0 Å². The Morgan fingerprint density at radius 1 is 0.902 bits per heavy atom. The molecular weight excluding hydrogens is 538 g/mol. The fraction of sp³-hybridized carbons (Fsp3) is 0.273. The van der Waals surface area contributed by atoms with Gasteiger partial charge >= 0.3 is 5.97 Å². The van der Waals surface area contributed by atoms with Crippen LogP contribution in [0.15, 0.2) is 85.1 Å². The number of nitrogens with zero attached hydrogens (tertiary/aromatic N) is 2. The number of hydrogen-bond acceptors (Lipinski definition) is 6. The van der Waals surface area contributed by atoms with Gasteiger partial charge in [-0.25, -0.2) is 4.98 Å². The molecule has 3 N–H and O–H groups in total. The fourth-order valence-corrected chi connectivity index (χ4v) is 4.81. The zero-order valence-electron chi connectivity index (χ0n) is 23.4. The second-order valence-electron chi connectivity index (χ2n) is 10.2. The van der Waals surface area contributed by atoms with Crippen LogP contribution in [0.25, 0.3) is 0 Å². The molecule has 0 aliphatic heterocycles. The number of rotatable bonds is 14. The summed E-state index contributed by atoms with van der Waals surface area (Å²) in [4.78, 5) is 17.8. The molecule has 214 valence electrons. The summed E-state index contributed by atoms with van der Waals surface area (Å²) in [5, 5.41) is 9.66. The molecule has 8 heteroatoms. The minimum absolute atomic E-state index is 0.277. The molecule has 1 atom stereocenters. The van der Waals surface area contributed by atoms with Gasteiger partial charge < -0.3 is 20.3 Å². The van der Waals surface area contributed by atoms with Crippen LogP contribution in [-0.4, -0.2) is 33.5 Å². The minimum atomic E-state index is -1.03. The first-order valence-electron chi connectivity index (χ1n) is 13.6. The van der Waals surface area contributed by atoms with Gasteiger partial charge in [0.2, 0.25) is 0 Å². The molecule has 0 radical (unpaired) electrons. The van der Waals surface area contributed by atoms with Crippen molar-refractivity contribution in [2.75, 3.05) is 6.54 Å². The van der Waals surface area contributed by atoms with E-state index in [0.717, 1.165) is 33.6 Å². The number of carboxylic acid groups (broad SMARTS) is 1. The monoisotopic (exact) mass is 573 g/mol. The molecule has 0 amide bonds. The summed E-state index contributed by atoms with van der Waals surface area (Å²) >= 11 is 6.50. The Kier molecular flexibility index (Phi) is 10.7. The molecule has 3 aromatic carbocycles. The Morgan fingerprint density at radius 3 is 2.20 bits per heavy atom. The minimum Gasteiger partial charge on any atom is -0.489 e. The number of carboxylic acids is 1. The summed E-state index contributed by atoms with van der Waals surface area (Å²) in [7, 11) is 0. The highest BCUT2D eigenvalue weighted by Gasteiger charge is 2.19. The van der Waals surface area contributed by atoms with Gasteiger partial charge in [-0.05, 0) is 43.5 Å². The molecular formula is C33H36ClN3O4. The van der Waals surface area contributed by atoms with E-state index in [1.54, 1.807) is 6.20 Å². The van der Waals surface area contributed by atoms with E-state index in [1.165, 1.54) is 5.56 Å². The van der Waals surface area contributed by atoms with Crippen LogP contribution in [0.3, 0.4) is 0 Å². The zero-order chi connectivity index (χ0) is 29.2. The van der Waals surface area contributed by atoms with Crippen LogP contribution in [0.5, 0.6) is 11.5 Å². The van der Waals surface area contributed by atoms with E-state index >= 15 is 0 Å². The summed E-state index contributed by atoms with van der Waals surface area (Å²) in [6, 6.07) is 25.1. The number of aliphatic carboxylic acids is 1. The summed E-state index contributed by atoms with van der Waals surface area (Å²) in [5.74, 6) is 0.248. The normalized spacial score (nSPS) is 11.8. The topological polar surface area (TPSA) is 97.9 Å². The molecule has 1 heterocycles. The van der Waals surface area contributed by atoms with Crippen molar-refractivity contribution in [1.29, 1.82) is 0 Å². The number of ether oxygens (including phenoxy) is 2. The van der Waals surface area contributed by atoms with Crippen molar-refractivity contribution in [3.63, 3.8) is 0 Å². The number of aromatic nitrogens is 1. The van der Waals surface area contributed by atoms with Crippen LogP contribution in [0, 0.1) is 13.8 Å². The SMILES string of the molecule is Cc1cccc(COc2ccccc2CN(CC[C@H](N)C(=O)O)Cc2ccnc(Cl)c2OCc2cccc(C)c2)c1. The molecule has 1 aromatic heterocycles. The summed E-state index contributed by atoms with van der Waals surface area (Å²) in [6.07, 6.45) is 1.93. The second-order valence-corrected chi connectivity index (χ2v) is 10.6. The number of benzene rings is 3. The van der Waals surface area contributed by atoms with Gasteiger partial charge in [-0.15, -0.1) is 0 Å². The first-order valence-corrected chi connectivity index (χ1v) is 13.9. The van der Waals surface area contributed by atoms with Gasteiger partial charge in [0.05, 0.1) is 0 Å². The average Bonchev–Trinajstić information content (AvgIpc) is 2.95. The molecule has 4 aromatic rings. The predicted octanol–water partition coefficient (Wildman–Crippen LogP) is 6.31. The first kappa shape index (κ1) is 30.1. The maximum absolute atomic E-state index is 11.5. The van der Waals surface area contributed by atoms with E-state index in [0.29, 0.717) is 38.6 Å². The Hall–Kier alpha value is -3.91. The highest BCUT2D eigenvalue weighted by atomic mass is 35.5. The van der Waals surface area contributed by atoms with Crippen LogP contribution in [-0.2, 0) is 31.1 Å². The van der Waals surface area contributed by atoms with Crippen molar-refractivity contribution >= 4 is 17.6 Å². The van der Waals surface area contributed by atoms with E-state index in [9.17, 15) is 9.90 Å². The Labute approximate surface area is 246 Å². The van der Waals surface area contributed by atoms with Crippen molar-refractivity contribution in [3.8, 4) is 11.5 Å². The van der Waals surface area contributed by atoms with Gasteiger partial charge in [0.25, 0.3) is 0 Å². The lowest BCUT2D eigenvalue weighted by molar-refractivity contribution is -0.138. The lowest BCUT2D eigenvalue weighted by atomic mass is 10.1. The third-order valence-corrected chi connectivity index (χ3v) is 6.99. The molecule has 0 spiro atoms. The maximum Gasteiger partial charge on any atom is 0.320 e. The fourth-order valence-electron chi connectivity index (χ4n) is 4.57. The highest BCUT2D eigenvalue weighted by molar-refractivity contribution is 6.30. The van der Waals surface area contributed by atoms with Crippen molar-refractivity contribution in [2.45, 2.75) is 52.6 Å². The predicted molar refractivity (Wildman–Crippen MR) is 161 cm³/mol. The molecule has 0 aliphatic carbocycles.